The number of nitrogens with zero attached hydrogens (tertiary/aromatic N) is 10. The predicted octanol–water partition coefficient (Wildman–Crippen LogP) is 7.62. The van der Waals surface area contributed by atoms with E-state index in [4.69, 9.17) is 9.47 Å². The summed E-state index contributed by atoms with van der Waals surface area (Å²) in [4.78, 5) is 70.5. The number of nitriles is 2. The van der Waals surface area contributed by atoms with Gasteiger partial charge in [0.1, 0.15) is 21.9 Å². The molecular formula is C48H54F10N12O8S2. The number of hydrogen-bond acceptors (Lipinski definition) is 16. The van der Waals surface area contributed by atoms with E-state index in [9.17, 15) is 80.1 Å². The number of carbonyl (C=O) groups excluding carboxylic acids is 4. The molecule has 6 atom stereocenters. The van der Waals surface area contributed by atoms with E-state index in [-0.39, 0.29) is 67.6 Å². The third-order valence-corrected chi connectivity index (χ3v) is 15.5. The van der Waals surface area contributed by atoms with E-state index in [2.05, 4.69) is 30.6 Å². The molecule has 6 heterocycles. The van der Waals surface area contributed by atoms with Crippen LogP contribution in [-0.2, 0) is 28.7 Å². The summed E-state index contributed by atoms with van der Waals surface area (Å²) in [6.45, 7) is 3.58. The number of benzene rings is 2. The van der Waals surface area contributed by atoms with Gasteiger partial charge in [-0.25, -0.2) is 0 Å². The topological polar surface area (TPSA) is 263 Å². The summed E-state index contributed by atoms with van der Waals surface area (Å²) >= 11 is 0. The second-order valence-corrected chi connectivity index (χ2v) is 24.7. The lowest BCUT2D eigenvalue weighted by atomic mass is 10.0. The maximum absolute atomic E-state index is 14.1. The number of carbonyl (C=O) groups is 4. The Morgan fingerprint density at radius 3 is 1.39 bits per heavy atom. The minimum absolute atomic E-state index is 0.0531. The molecule has 80 heavy (non-hydrogen) atoms. The Kier molecular flexibility index (Phi) is 15.6. The first-order chi connectivity index (χ1) is 37.3. The molecule has 436 valence electrons. The van der Waals surface area contributed by atoms with Gasteiger partial charge in [-0.15, -0.1) is 0 Å². The fourth-order valence-electron chi connectivity index (χ4n) is 9.39. The summed E-state index contributed by atoms with van der Waals surface area (Å²) in [5, 5.41) is 45.8. The SMILES string of the molecule is C[C@@]1(O)C[C@H](C(=O)N(c2ccc(S(F)(F)(F)(F)F)cc2)C(C(=O)NC2CCOCC2)c2cnccn2)N(C#N)C1.[2H]C(C(=O)NC1CCOCC1)(c1cnccn1)N(C(=O)[C@H]1C[C@@](C)(O)CN1C#N)c1ccc(S(F)(F)(F)(F)F)cc1. The van der Waals surface area contributed by atoms with Crippen molar-refractivity contribution in [2.45, 2.75) is 110 Å². The number of aromatic nitrogens is 4. The van der Waals surface area contributed by atoms with Crippen molar-refractivity contribution in [3.63, 3.8) is 0 Å². The third kappa shape index (κ3) is 14.8. The van der Waals surface area contributed by atoms with Gasteiger partial charge in [-0.3, -0.25) is 58.7 Å². The summed E-state index contributed by atoms with van der Waals surface area (Å²) in [6, 6.07) is -5.31. The maximum Gasteiger partial charge on any atom is 0.310 e. The van der Waals surface area contributed by atoms with Crippen molar-refractivity contribution >= 4 is 55.5 Å². The van der Waals surface area contributed by atoms with E-state index in [1.165, 1.54) is 38.6 Å². The Labute approximate surface area is 452 Å². The van der Waals surface area contributed by atoms with E-state index in [0.29, 0.717) is 81.3 Å². The molecule has 0 aliphatic carbocycles. The Morgan fingerprint density at radius 2 is 1.01 bits per heavy atom. The Balaban J connectivity index is 0.000000234. The molecule has 4 N–H and O–H groups in total. The van der Waals surface area contributed by atoms with Gasteiger partial charge in [0.05, 0.1) is 49.4 Å². The molecule has 0 spiro atoms. The number of ether oxygens (including phenoxy) is 2. The lowest BCUT2D eigenvalue weighted by molar-refractivity contribution is -0.129. The van der Waals surface area contributed by atoms with E-state index in [0.717, 1.165) is 27.1 Å². The van der Waals surface area contributed by atoms with Crippen LogP contribution in [0.2, 0.25) is 0 Å². The van der Waals surface area contributed by atoms with Crippen molar-refractivity contribution in [1.29, 1.82) is 10.5 Å². The summed E-state index contributed by atoms with van der Waals surface area (Å²) in [5.41, 5.74) is -4.37. The number of likely N-dealkylation sites (tertiary alicyclic amines) is 2. The van der Waals surface area contributed by atoms with E-state index >= 15 is 0 Å². The van der Waals surface area contributed by atoms with Crippen LogP contribution in [0.25, 0.3) is 0 Å². The van der Waals surface area contributed by atoms with Crippen LogP contribution in [0, 0.1) is 22.9 Å². The molecule has 4 fully saturated rings. The summed E-state index contributed by atoms with van der Waals surface area (Å²) in [6.07, 6.45) is 11.7. The zero-order chi connectivity index (χ0) is 59.7. The van der Waals surface area contributed by atoms with Gasteiger partial charge in [0.25, 0.3) is 11.8 Å². The van der Waals surface area contributed by atoms with Gasteiger partial charge < -0.3 is 30.3 Å². The fraction of sp³-hybridized carbons (Fsp3) is 0.458. The molecule has 2 aromatic carbocycles. The average molecular weight is 1180 g/mol. The highest BCUT2D eigenvalue weighted by atomic mass is 32.5. The van der Waals surface area contributed by atoms with Gasteiger partial charge in [-0.05, 0) is 88.1 Å². The number of aliphatic hydroxyl groups is 2. The Morgan fingerprint density at radius 1 is 0.637 bits per heavy atom. The summed E-state index contributed by atoms with van der Waals surface area (Å²) in [7, 11) is -20.2. The van der Waals surface area contributed by atoms with E-state index < -0.39 is 107 Å². The zero-order valence-electron chi connectivity index (χ0n) is 43.4. The molecule has 2 unspecified atom stereocenters. The molecule has 0 bridgehead atoms. The van der Waals surface area contributed by atoms with Gasteiger partial charge in [0.2, 0.25) is 11.8 Å². The molecule has 0 saturated carbocycles. The molecule has 4 aromatic rings. The Bertz CT molecular complexity index is 3080. The minimum atomic E-state index is -10.1. The van der Waals surface area contributed by atoms with Gasteiger partial charge in [-0.1, -0.05) is 38.9 Å². The average Bonchev–Trinajstić information content (AvgIpc) is 4.08. The van der Waals surface area contributed by atoms with Gasteiger partial charge in [0.15, 0.2) is 24.4 Å². The van der Waals surface area contributed by atoms with Crippen molar-refractivity contribution in [2.75, 3.05) is 49.3 Å². The number of anilines is 2. The highest BCUT2D eigenvalue weighted by Crippen LogP contribution is 3.02. The highest BCUT2D eigenvalue weighted by Gasteiger charge is 2.66. The molecule has 4 aliphatic rings. The zero-order valence-corrected chi connectivity index (χ0v) is 44.0. The van der Waals surface area contributed by atoms with Crippen LogP contribution in [0.15, 0.2) is 95.5 Å². The standard InChI is InChI=1S/2C24H27F5N6O4S/c2*1-24(38)12-20(34(14-24)15-30)23(37)35(17-2-4-18(5-3-17)40(25,26,27,28)29)21(19-13-31-8-9-32-19)22(36)33-16-6-10-39-11-7-16/h2*2-5,8-9,13,16,20-21,38H,6-7,10-12,14H2,1H3,(H,33,36)/t2*20-,21?,24-/m11/s1/i21D;. The van der Waals surface area contributed by atoms with E-state index in [1.807, 2.05) is 6.19 Å². The van der Waals surface area contributed by atoms with Gasteiger partial charge >= 0.3 is 20.4 Å². The molecule has 4 amide bonds. The number of rotatable bonds is 14. The number of halogens is 10. The van der Waals surface area contributed by atoms with Crippen LogP contribution in [0.5, 0.6) is 0 Å². The largest absolute Gasteiger partial charge is 0.388 e. The number of amides is 4. The number of hydrogen-bond donors (Lipinski definition) is 4. The lowest BCUT2D eigenvalue weighted by Crippen LogP contribution is -2.52. The smallest absolute Gasteiger partial charge is 0.310 e. The quantitative estimate of drug-likeness (QED) is 0.0699. The first-order valence-corrected chi connectivity index (χ1v) is 28.2. The van der Waals surface area contributed by atoms with Crippen molar-refractivity contribution in [2.24, 2.45) is 0 Å². The van der Waals surface area contributed by atoms with Gasteiger partial charge in [-0.2, -0.15) is 10.5 Å². The van der Waals surface area contributed by atoms with Crippen LogP contribution >= 0.6 is 20.4 Å². The summed E-state index contributed by atoms with van der Waals surface area (Å²) < 4.78 is 155. The number of β-amino-alcohol motifs (C(OH)–C–C–N with tert-alkyl or cyclic N) is 2. The van der Waals surface area contributed by atoms with E-state index in [1.54, 1.807) is 6.19 Å². The molecule has 2 aromatic heterocycles. The third-order valence-electron chi connectivity index (χ3n) is 13.2. The molecule has 4 saturated heterocycles. The van der Waals surface area contributed by atoms with Gasteiger partial charge in [0, 0.05) is 87.5 Å². The van der Waals surface area contributed by atoms with Crippen molar-refractivity contribution in [1.82, 2.24) is 40.4 Å². The minimum Gasteiger partial charge on any atom is -0.388 e. The lowest BCUT2D eigenvalue weighted by Gasteiger charge is -2.41. The highest BCUT2D eigenvalue weighted by molar-refractivity contribution is 8.46. The monoisotopic (exact) mass is 1180 g/mol. The number of nitrogens with one attached hydrogen (secondary N) is 2. The first kappa shape index (κ1) is 59.0. The molecule has 20 nitrogen and oxygen atoms in total. The van der Waals surface area contributed by atoms with Crippen LogP contribution in [0.3, 0.4) is 0 Å². The molecule has 4 aliphatic heterocycles. The molecular weight excluding hydrogens is 1130 g/mol. The Hall–Kier alpha value is -7.10. The van der Waals surface area contributed by atoms with Crippen LogP contribution in [0.1, 0.15) is 77.2 Å². The van der Waals surface area contributed by atoms with Crippen molar-refractivity contribution in [3.05, 3.63) is 97.1 Å². The van der Waals surface area contributed by atoms with Crippen LogP contribution < -0.4 is 20.4 Å². The van der Waals surface area contributed by atoms with Crippen LogP contribution in [0.4, 0.5) is 50.2 Å². The maximum atomic E-state index is 14.1. The van der Waals surface area contributed by atoms with Crippen molar-refractivity contribution < 1.29 is 79.1 Å². The first-order valence-electron chi connectivity index (χ1n) is 24.8. The van der Waals surface area contributed by atoms with Crippen molar-refractivity contribution in [3.8, 4) is 12.4 Å². The second-order valence-electron chi connectivity index (χ2n) is 19.9. The predicted molar refractivity (Wildman–Crippen MR) is 267 cm³/mol. The normalized spacial score (nSPS) is 24.9. The van der Waals surface area contributed by atoms with Crippen LogP contribution in [-0.4, -0.2) is 138 Å². The second kappa shape index (κ2) is 21.1. The molecule has 8 rings (SSSR count). The summed E-state index contributed by atoms with van der Waals surface area (Å²) in [5.74, 6) is -3.93. The molecule has 32 heteroatoms. The molecule has 0 radical (unpaired) electrons. The fourth-order valence-corrected chi connectivity index (χ4v) is 10.7.